The molecule has 2 aromatic carbocycles. The lowest BCUT2D eigenvalue weighted by Crippen LogP contribution is -2.46. The highest BCUT2D eigenvalue weighted by molar-refractivity contribution is 6.07. The summed E-state index contributed by atoms with van der Waals surface area (Å²) in [6.45, 7) is 6.96. The Kier molecular flexibility index (Phi) is 6.13. The lowest BCUT2D eigenvalue weighted by molar-refractivity contribution is 0.0738. The van der Waals surface area contributed by atoms with Crippen LogP contribution in [0, 0.1) is 6.92 Å². The summed E-state index contributed by atoms with van der Waals surface area (Å²) in [6, 6.07) is 18.3. The molecule has 0 unspecified atom stereocenters. The van der Waals surface area contributed by atoms with E-state index in [0.717, 1.165) is 71.8 Å². The topological polar surface area (TPSA) is 84.3 Å². The Hall–Kier alpha value is -3.75. The Morgan fingerprint density at radius 3 is 2.75 bits per heavy atom. The summed E-state index contributed by atoms with van der Waals surface area (Å²) in [5, 5.41) is 7.77. The van der Waals surface area contributed by atoms with Crippen LogP contribution in [0.1, 0.15) is 32.9 Å². The molecule has 1 fully saturated rings. The number of ether oxygens (including phenoxy) is 1. The van der Waals surface area contributed by atoms with Crippen LogP contribution in [0.2, 0.25) is 0 Å². The maximum absolute atomic E-state index is 13.4. The van der Waals surface area contributed by atoms with Gasteiger partial charge >= 0.3 is 0 Å². The van der Waals surface area contributed by atoms with Gasteiger partial charge in [-0.05, 0) is 30.7 Å². The molecule has 0 spiro atoms. The first-order valence-corrected chi connectivity index (χ1v) is 12.6. The van der Waals surface area contributed by atoms with Gasteiger partial charge in [-0.2, -0.15) is 4.98 Å². The first kappa shape index (κ1) is 22.7. The number of anilines is 1. The molecule has 184 valence electrons. The number of hydrogen-bond donors (Lipinski definition) is 2. The van der Waals surface area contributed by atoms with Crippen molar-refractivity contribution in [3.05, 3.63) is 82.7 Å². The highest BCUT2D eigenvalue weighted by atomic mass is 16.5. The molecule has 4 heterocycles. The SMILES string of the molecule is Cc1cc2c(C(=O)N3CCNCC3)cccc2n1-c1nc2c(c(NCc3ccccc3)n1)COCC2. The van der Waals surface area contributed by atoms with Gasteiger partial charge < -0.3 is 20.3 Å². The summed E-state index contributed by atoms with van der Waals surface area (Å²) in [6.07, 6.45) is 0.746. The van der Waals surface area contributed by atoms with Crippen LogP contribution >= 0.6 is 0 Å². The molecule has 8 heteroatoms. The van der Waals surface area contributed by atoms with Crippen molar-refractivity contribution < 1.29 is 9.53 Å². The fraction of sp³-hybridized carbons (Fsp3) is 0.321. The molecule has 0 aliphatic carbocycles. The highest BCUT2D eigenvalue weighted by Crippen LogP contribution is 2.29. The van der Waals surface area contributed by atoms with Crippen molar-refractivity contribution in [1.29, 1.82) is 0 Å². The Balaban J connectivity index is 1.41. The van der Waals surface area contributed by atoms with E-state index in [4.69, 9.17) is 14.7 Å². The van der Waals surface area contributed by atoms with E-state index in [2.05, 4.69) is 33.4 Å². The predicted molar refractivity (Wildman–Crippen MR) is 140 cm³/mol. The van der Waals surface area contributed by atoms with Crippen LogP contribution in [-0.4, -0.2) is 58.1 Å². The van der Waals surface area contributed by atoms with Gasteiger partial charge in [0.15, 0.2) is 0 Å². The number of hydrogen-bond acceptors (Lipinski definition) is 6. The number of aromatic nitrogens is 3. The molecule has 1 amide bonds. The van der Waals surface area contributed by atoms with Gasteiger partial charge in [-0.3, -0.25) is 9.36 Å². The Labute approximate surface area is 210 Å². The molecule has 2 aromatic heterocycles. The first-order chi connectivity index (χ1) is 17.7. The standard InChI is InChI=1S/C28H30N6O2/c1-19-16-22-21(27(35)33-13-11-29-12-14-33)8-5-9-25(22)34(19)28-31-24-10-15-36-18-23(24)26(32-28)30-17-20-6-3-2-4-7-20/h2-9,16,29H,10-15,17-18H2,1H3,(H,30,31,32). The number of benzene rings is 2. The molecule has 1 saturated heterocycles. The van der Waals surface area contributed by atoms with E-state index in [1.165, 1.54) is 5.56 Å². The van der Waals surface area contributed by atoms with E-state index < -0.39 is 0 Å². The number of carbonyl (C=O) groups excluding carboxylic acids is 1. The minimum absolute atomic E-state index is 0.0768. The molecule has 8 nitrogen and oxygen atoms in total. The summed E-state index contributed by atoms with van der Waals surface area (Å²) < 4.78 is 7.80. The van der Waals surface area contributed by atoms with Gasteiger partial charge in [0.1, 0.15) is 5.82 Å². The third-order valence-corrected chi connectivity index (χ3v) is 6.98. The maximum atomic E-state index is 13.4. The van der Waals surface area contributed by atoms with Gasteiger partial charge in [0.25, 0.3) is 5.91 Å². The summed E-state index contributed by atoms with van der Waals surface area (Å²) in [4.78, 5) is 25.3. The third kappa shape index (κ3) is 4.23. The maximum Gasteiger partial charge on any atom is 0.254 e. The number of carbonyl (C=O) groups is 1. The predicted octanol–water partition coefficient (Wildman–Crippen LogP) is 3.46. The van der Waals surface area contributed by atoms with E-state index in [0.29, 0.717) is 25.7 Å². The number of rotatable bonds is 5. The van der Waals surface area contributed by atoms with Gasteiger partial charge in [0, 0.05) is 61.4 Å². The number of aryl methyl sites for hydroxylation is 1. The van der Waals surface area contributed by atoms with Crippen LogP contribution in [-0.2, 0) is 24.3 Å². The smallest absolute Gasteiger partial charge is 0.254 e. The van der Waals surface area contributed by atoms with Gasteiger partial charge in [0.05, 0.1) is 24.4 Å². The Morgan fingerprint density at radius 1 is 1.08 bits per heavy atom. The molecular weight excluding hydrogens is 452 g/mol. The average molecular weight is 483 g/mol. The minimum atomic E-state index is 0.0768. The monoisotopic (exact) mass is 482 g/mol. The second-order valence-electron chi connectivity index (χ2n) is 9.34. The van der Waals surface area contributed by atoms with Crippen LogP contribution < -0.4 is 10.6 Å². The van der Waals surface area contributed by atoms with Crippen LogP contribution in [0.3, 0.4) is 0 Å². The molecule has 0 saturated carbocycles. The summed E-state index contributed by atoms with van der Waals surface area (Å²) in [5.41, 5.74) is 5.87. The Bertz CT molecular complexity index is 1410. The van der Waals surface area contributed by atoms with Crippen molar-refractivity contribution >= 4 is 22.6 Å². The lowest BCUT2D eigenvalue weighted by Gasteiger charge is -2.27. The van der Waals surface area contributed by atoms with E-state index in [1.807, 2.05) is 48.2 Å². The van der Waals surface area contributed by atoms with Crippen molar-refractivity contribution in [3.63, 3.8) is 0 Å². The molecule has 0 radical (unpaired) electrons. The van der Waals surface area contributed by atoms with E-state index >= 15 is 0 Å². The zero-order chi connectivity index (χ0) is 24.5. The van der Waals surface area contributed by atoms with Gasteiger partial charge in [-0.25, -0.2) is 4.98 Å². The van der Waals surface area contributed by atoms with Gasteiger partial charge in [0.2, 0.25) is 5.95 Å². The fourth-order valence-electron chi connectivity index (χ4n) is 5.10. The molecular formula is C28H30N6O2. The fourth-order valence-corrected chi connectivity index (χ4v) is 5.10. The summed E-state index contributed by atoms with van der Waals surface area (Å²) >= 11 is 0. The quantitative estimate of drug-likeness (QED) is 0.453. The number of piperazine rings is 1. The molecule has 36 heavy (non-hydrogen) atoms. The zero-order valence-corrected chi connectivity index (χ0v) is 20.5. The largest absolute Gasteiger partial charge is 0.376 e. The first-order valence-electron chi connectivity index (χ1n) is 12.6. The summed E-state index contributed by atoms with van der Waals surface area (Å²) in [5.74, 6) is 1.49. The van der Waals surface area contributed by atoms with Crippen molar-refractivity contribution in [1.82, 2.24) is 24.8 Å². The number of amides is 1. The van der Waals surface area contributed by atoms with Crippen LogP contribution in [0.15, 0.2) is 54.6 Å². The second kappa shape index (κ2) is 9.72. The van der Waals surface area contributed by atoms with Gasteiger partial charge in [-0.15, -0.1) is 0 Å². The third-order valence-electron chi connectivity index (χ3n) is 6.98. The van der Waals surface area contributed by atoms with Crippen LogP contribution in [0.4, 0.5) is 5.82 Å². The van der Waals surface area contributed by atoms with E-state index in [-0.39, 0.29) is 5.91 Å². The molecule has 6 rings (SSSR count). The van der Waals surface area contributed by atoms with Crippen LogP contribution in [0.5, 0.6) is 0 Å². The molecule has 2 aliphatic heterocycles. The van der Waals surface area contributed by atoms with Crippen molar-refractivity contribution in [2.45, 2.75) is 26.5 Å². The number of nitrogens with zero attached hydrogens (tertiary/aromatic N) is 4. The molecule has 2 aliphatic rings. The van der Waals surface area contributed by atoms with E-state index in [1.54, 1.807) is 0 Å². The lowest BCUT2D eigenvalue weighted by atomic mass is 10.1. The zero-order valence-electron chi connectivity index (χ0n) is 20.5. The van der Waals surface area contributed by atoms with Crippen molar-refractivity contribution in [2.75, 3.05) is 38.1 Å². The molecule has 0 bridgehead atoms. The highest BCUT2D eigenvalue weighted by Gasteiger charge is 2.24. The normalized spacial score (nSPS) is 15.6. The molecule has 2 N–H and O–H groups in total. The number of fused-ring (bicyclic) bond motifs is 2. The van der Waals surface area contributed by atoms with Crippen molar-refractivity contribution in [3.8, 4) is 5.95 Å². The molecule has 4 aromatic rings. The minimum Gasteiger partial charge on any atom is -0.376 e. The van der Waals surface area contributed by atoms with Gasteiger partial charge in [-0.1, -0.05) is 36.4 Å². The van der Waals surface area contributed by atoms with Crippen molar-refractivity contribution in [2.24, 2.45) is 0 Å². The van der Waals surface area contributed by atoms with Crippen LogP contribution in [0.25, 0.3) is 16.9 Å². The molecule has 0 atom stereocenters. The average Bonchev–Trinajstić information content (AvgIpc) is 3.28. The van der Waals surface area contributed by atoms with E-state index in [9.17, 15) is 4.79 Å². The Morgan fingerprint density at radius 2 is 1.92 bits per heavy atom. The second-order valence-corrected chi connectivity index (χ2v) is 9.34. The summed E-state index contributed by atoms with van der Waals surface area (Å²) in [7, 11) is 0. The number of nitrogens with one attached hydrogen (secondary N) is 2.